The Morgan fingerprint density at radius 3 is 2.15 bits per heavy atom. The van der Waals surface area contributed by atoms with Gasteiger partial charge in [0.1, 0.15) is 60.7 Å². The molecule has 1 aromatic carbocycles. The lowest BCUT2D eigenvalue weighted by Gasteiger charge is -2.23. The maximum Gasteiger partial charge on any atom is 0.241 e. The molecule has 1 amide bonds. The number of imidazole rings is 1. The summed E-state index contributed by atoms with van der Waals surface area (Å²) in [6.45, 7) is 0. The molecule has 0 aliphatic heterocycles. The molecule has 0 saturated heterocycles. The molecule has 14 radical (unpaired) electrons. The summed E-state index contributed by atoms with van der Waals surface area (Å²) < 4.78 is 1.87. The van der Waals surface area contributed by atoms with Gasteiger partial charge in [0, 0.05) is 24.2 Å². The van der Waals surface area contributed by atoms with E-state index in [1.165, 1.54) is 6.20 Å². The lowest BCUT2D eigenvalue weighted by Crippen LogP contribution is -2.56. The predicted octanol–water partition coefficient (Wildman–Crippen LogP) is -3.36. The molecule has 3 aromatic heterocycles. The lowest BCUT2D eigenvalue weighted by molar-refractivity contribution is -0.112. The zero-order valence-corrected chi connectivity index (χ0v) is 18.2. The van der Waals surface area contributed by atoms with Gasteiger partial charge in [-0.05, 0) is 23.2 Å². The second kappa shape index (κ2) is 9.13. The zero-order chi connectivity index (χ0) is 24.7. The minimum Gasteiger partial charge on any atom is -0.334 e. The molecule has 0 spiro atoms. The Morgan fingerprint density at radius 2 is 1.53 bits per heavy atom. The van der Waals surface area contributed by atoms with Crippen molar-refractivity contribution in [2.24, 2.45) is 7.05 Å². The number of nitrogens with zero attached hydrogens (tertiary/aromatic N) is 4. The van der Waals surface area contributed by atoms with Crippen molar-refractivity contribution in [3.05, 3.63) is 48.1 Å². The molecule has 13 heteroatoms. The molecule has 0 fully saturated rings. The fourth-order valence-corrected chi connectivity index (χ4v) is 3.46. The van der Waals surface area contributed by atoms with Crippen molar-refractivity contribution in [1.29, 1.82) is 0 Å². The molecule has 0 saturated carbocycles. The number of hydrogen-bond donors (Lipinski definition) is 1. The van der Waals surface area contributed by atoms with Gasteiger partial charge in [-0.2, -0.15) is 0 Å². The zero-order valence-electron chi connectivity index (χ0n) is 18.2. The van der Waals surface area contributed by atoms with Gasteiger partial charge in [-0.25, -0.2) is 9.97 Å². The van der Waals surface area contributed by atoms with E-state index in [0.29, 0.717) is 5.52 Å². The van der Waals surface area contributed by atoms with Crippen LogP contribution >= 0.6 is 0 Å². The van der Waals surface area contributed by atoms with Crippen LogP contribution in [-0.2, 0) is 11.8 Å². The Morgan fingerprint density at radius 1 is 0.882 bits per heavy atom. The van der Waals surface area contributed by atoms with E-state index in [2.05, 4.69) is 20.3 Å². The monoisotopic (exact) mass is 425 g/mol. The molecule has 1 N–H and O–H groups in total. The molecule has 146 valence electrons. The van der Waals surface area contributed by atoms with Crippen LogP contribution in [0.25, 0.3) is 27.6 Å². The number of rotatable bonds is 4. The first-order valence-electron chi connectivity index (χ1n) is 9.90. The second-order valence-corrected chi connectivity index (χ2v) is 7.60. The molecule has 3 heterocycles. The maximum atomic E-state index is 12.8. The summed E-state index contributed by atoms with van der Waals surface area (Å²) in [7, 11) is 43.5. The van der Waals surface area contributed by atoms with Gasteiger partial charge in [0.2, 0.25) is 5.91 Å². The molecular formula is C21H10B7N5O. The highest BCUT2D eigenvalue weighted by molar-refractivity contribution is 6.70. The largest absolute Gasteiger partial charge is 0.334 e. The first kappa shape index (κ1) is 23.8. The summed E-state index contributed by atoms with van der Waals surface area (Å²) in [5.74, 6) is -0.498. The van der Waals surface area contributed by atoms with E-state index in [9.17, 15) is 4.79 Å². The molecule has 4 rings (SSSR count). The van der Waals surface area contributed by atoms with Crippen molar-refractivity contribution in [2.45, 2.75) is 0 Å². The van der Waals surface area contributed by atoms with Crippen LogP contribution in [0.4, 0.5) is 5.82 Å². The van der Waals surface area contributed by atoms with Crippen LogP contribution < -0.4 is 32.6 Å². The van der Waals surface area contributed by atoms with Crippen LogP contribution in [0.5, 0.6) is 0 Å². The van der Waals surface area contributed by atoms with Crippen LogP contribution in [0.3, 0.4) is 0 Å². The number of carbonyl (C=O) groups is 1. The van der Waals surface area contributed by atoms with Gasteiger partial charge in [0.15, 0.2) is 0 Å². The van der Waals surface area contributed by atoms with Crippen molar-refractivity contribution >= 4 is 110 Å². The first-order valence-corrected chi connectivity index (χ1v) is 9.90. The smallest absolute Gasteiger partial charge is 0.241 e. The predicted molar refractivity (Wildman–Crippen MR) is 142 cm³/mol. The SMILES string of the molecule is [B]/C(C(=O)Nc1cc2cc(-c3cncn3C)cnc2cn1)=C(/[B])c1c([B])c([B])c([B])c([B])c1[B]. The number of hydrogen-bond acceptors (Lipinski definition) is 4. The molecule has 34 heavy (non-hydrogen) atoms. The third-order valence-corrected chi connectivity index (χ3v) is 5.43. The molecule has 0 atom stereocenters. The molecule has 0 aliphatic carbocycles. The highest BCUT2D eigenvalue weighted by Gasteiger charge is 2.16. The second-order valence-electron chi connectivity index (χ2n) is 7.60. The summed E-state index contributed by atoms with van der Waals surface area (Å²) in [4.78, 5) is 25.6. The van der Waals surface area contributed by atoms with E-state index in [1.54, 1.807) is 24.8 Å². The van der Waals surface area contributed by atoms with Crippen molar-refractivity contribution in [3.63, 3.8) is 0 Å². The Balaban J connectivity index is 1.68. The average molecular weight is 424 g/mol. The summed E-state index contributed by atoms with van der Waals surface area (Å²) in [6, 6.07) is 3.57. The number of aromatic nitrogens is 4. The third kappa shape index (κ3) is 4.15. The van der Waals surface area contributed by atoms with Crippen molar-refractivity contribution in [2.75, 3.05) is 5.32 Å². The summed E-state index contributed by atoms with van der Waals surface area (Å²) in [5, 5.41) is 3.35. The number of pyridine rings is 2. The van der Waals surface area contributed by atoms with Crippen molar-refractivity contribution in [3.8, 4) is 11.3 Å². The average Bonchev–Trinajstić information content (AvgIpc) is 3.26. The lowest BCUT2D eigenvalue weighted by atomic mass is 9.57. The minimum absolute atomic E-state index is 0.00854. The van der Waals surface area contributed by atoms with Gasteiger partial charge in [0.05, 0.1) is 29.9 Å². The van der Waals surface area contributed by atoms with E-state index in [-0.39, 0.29) is 49.6 Å². The summed E-state index contributed by atoms with van der Waals surface area (Å²) in [5.41, 5.74) is 1.79. The fraction of sp³-hybridized carbons (Fsp3) is 0.0476. The Hall–Kier alpha value is -3.35. The first-order chi connectivity index (χ1) is 16.1. The number of nitrogens with one attached hydrogen (secondary N) is 1. The van der Waals surface area contributed by atoms with E-state index < -0.39 is 5.91 Å². The number of benzene rings is 1. The topological polar surface area (TPSA) is 72.7 Å². The normalized spacial score (nSPS) is 11.9. The molecule has 6 nitrogen and oxygen atoms in total. The van der Waals surface area contributed by atoms with E-state index in [4.69, 9.17) is 54.9 Å². The van der Waals surface area contributed by atoms with Crippen LogP contribution in [0.2, 0.25) is 0 Å². The molecular weight excluding hydrogens is 414 g/mol. The fourth-order valence-electron chi connectivity index (χ4n) is 3.46. The third-order valence-electron chi connectivity index (χ3n) is 5.43. The standard InChI is InChI=1S/C21H10B7N5O/c1-33-7-29-6-11(33)9-2-8-3-12(31-5-10(8)30-4-9)32-21(34)20(28)16(24)13-14(22)17(25)19(27)18(26)15(13)23/h2-7H,1H3,(H,31,32,34)/b20-16+. The summed E-state index contributed by atoms with van der Waals surface area (Å²) in [6.07, 6.45) is 6.67. The maximum absolute atomic E-state index is 12.8. The highest BCUT2D eigenvalue weighted by atomic mass is 16.1. The Kier molecular flexibility index (Phi) is 6.39. The van der Waals surface area contributed by atoms with Crippen molar-refractivity contribution < 1.29 is 4.79 Å². The summed E-state index contributed by atoms with van der Waals surface area (Å²) >= 11 is 0. The van der Waals surface area contributed by atoms with Gasteiger partial charge in [-0.3, -0.25) is 9.78 Å². The van der Waals surface area contributed by atoms with Gasteiger partial charge in [-0.15, -0.1) is 16.4 Å². The van der Waals surface area contributed by atoms with E-state index in [1.807, 2.05) is 17.7 Å². The molecule has 0 unspecified atom stereocenters. The van der Waals surface area contributed by atoms with Gasteiger partial charge in [-0.1, -0.05) is 16.4 Å². The van der Waals surface area contributed by atoms with Crippen LogP contribution in [-0.4, -0.2) is 80.4 Å². The Bertz CT molecular complexity index is 1470. The van der Waals surface area contributed by atoms with Crippen LogP contribution in [0, 0.1) is 0 Å². The number of carbonyl (C=O) groups excluding carboxylic acids is 1. The minimum atomic E-state index is -0.729. The number of aryl methyl sites for hydroxylation is 1. The van der Waals surface area contributed by atoms with Crippen LogP contribution in [0.1, 0.15) is 5.56 Å². The van der Waals surface area contributed by atoms with Gasteiger partial charge >= 0.3 is 0 Å². The van der Waals surface area contributed by atoms with Gasteiger partial charge in [0.25, 0.3) is 0 Å². The molecule has 0 aliphatic rings. The van der Waals surface area contributed by atoms with Crippen LogP contribution in [0.15, 0.2) is 42.5 Å². The molecule has 4 aromatic rings. The number of fused-ring (bicyclic) bond motifs is 1. The highest BCUT2D eigenvalue weighted by Crippen LogP contribution is 2.23. The number of amides is 1. The molecule has 0 bridgehead atoms. The quantitative estimate of drug-likeness (QED) is 0.275. The Labute approximate surface area is 206 Å². The van der Waals surface area contributed by atoms with E-state index >= 15 is 0 Å². The number of anilines is 1. The van der Waals surface area contributed by atoms with Crippen molar-refractivity contribution in [1.82, 2.24) is 19.5 Å². The van der Waals surface area contributed by atoms with E-state index in [0.717, 1.165) is 16.6 Å². The van der Waals surface area contributed by atoms with Gasteiger partial charge < -0.3 is 9.88 Å².